The van der Waals surface area contributed by atoms with Gasteiger partial charge >= 0.3 is 0 Å². The number of hydrogen-bond donors (Lipinski definition) is 0. The minimum absolute atomic E-state index is 0.109. The molecule has 2 aromatic carbocycles. The molecule has 0 saturated carbocycles. The number of nitrogens with zero attached hydrogens (tertiary/aromatic N) is 3. The van der Waals surface area contributed by atoms with Crippen LogP contribution in [0.5, 0.6) is 5.75 Å². The maximum atomic E-state index is 12.6. The van der Waals surface area contributed by atoms with Crippen LogP contribution in [0.4, 0.5) is 5.69 Å². The van der Waals surface area contributed by atoms with E-state index < -0.39 is 4.92 Å². The van der Waals surface area contributed by atoms with E-state index in [0.29, 0.717) is 36.8 Å². The average Bonchev–Trinajstić information content (AvgIpc) is 2.74. The summed E-state index contributed by atoms with van der Waals surface area (Å²) in [5, 5.41) is 11.3. The van der Waals surface area contributed by atoms with Gasteiger partial charge in [0.2, 0.25) is 0 Å². The fourth-order valence-electron chi connectivity index (χ4n) is 2.92. The topological polar surface area (TPSA) is 93.0 Å². The molecular weight excluding hydrogens is 421 g/mol. The highest BCUT2D eigenvalue weighted by molar-refractivity contribution is 6.43. The molecule has 2 aromatic rings. The smallest absolute Gasteiger partial charge is 0.273 e. The van der Waals surface area contributed by atoms with E-state index in [0.717, 1.165) is 0 Å². The predicted octanol–water partition coefficient (Wildman–Crippen LogP) is 3.27. The Kier molecular flexibility index (Phi) is 6.56. The minimum Gasteiger partial charge on any atom is -0.484 e. The summed E-state index contributed by atoms with van der Waals surface area (Å²) in [6, 6.07) is 10.5. The molecule has 152 valence electrons. The maximum absolute atomic E-state index is 12.6. The Morgan fingerprint density at radius 2 is 1.69 bits per heavy atom. The highest BCUT2D eigenvalue weighted by Gasteiger charge is 2.26. The standard InChI is InChI=1S/C19H17Cl2N3O5/c20-16-6-2-5-15(18(16)21)19(26)23-9-7-22(8-10-23)17(25)12-29-14-4-1-3-13(11-14)24(27)28/h1-6,11H,7-10,12H2. The Morgan fingerprint density at radius 1 is 1.03 bits per heavy atom. The molecule has 0 radical (unpaired) electrons. The zero-order chi connectivity index (χ0) is 21.0. The molecule has 1 fully saturated rings. The van der Waals surface area contributed by atoms with E-state index in [1.807, 2.05) is 0 Å². The molecule has 0 N–H and O–H groups in total. The molecule has 10 heteroatoms. The van der Waals surface area contributed by atoms with Gasteiger partial charge in [0, 0.05) is 32.2 Å². The predicted molar refractivity (Wildman–Crippen MR) is 108 cm³/mol. The Hall–Kier alpha value is -2.84. The van der Waals surface area contributed by atoms with Gasteiger partial charge in [-0.3, -0.25) is 19.7 Å². The largest absolute Gasteiger partial charge is 0.484 e. The summed E-state index contributed by atoms with van der Waals surface area (Å²) in [4.78, 5) is 38.5. The molecule has 1 aliphatic rings. The fraction of sp³-hybridized carbons (Fsp3) is 0.263. The lowest BCUT2D eigenvalue weighted by molar-refractivity contribution is -0.384. The number of hydrogen-bond acceptors (Lipinski definition) is 5. The number of ether oxygens (including phenoxy) is 1. The molecule has 0 unspecified atom stereocenters. The van der Waals surface area contributed by atoms with Crippen LogP contribution in [-0.2, 0) is 4.79 Å². The van der Waals surface area contributed by atoms with Gasteiger partial charge < -0.3 is 14.5 Å². The molecule has 0 spiro atoms. The third kappa shape index (κ3) is 4.96. The van der Waals surface area contributed by atoms with Gasteiger partial charge in [-0.05, 0) is 18.2 Å². The van der Waals surface area contributed by atoms with Gasteiger partial charge in [0.15, 0.2) is 6.61 Å². The van der Waals surface area contributed by atoms with Crippen LogP contribution >= 0.6 is 23.2 Å². The van der Waals surface area contributed by atoms with Gasteiger partial charge in [-0.25, -0.2) is 0 Å². The van der Waals surface area contributed by atoms with Crippen molar-refractivity contribution in [3.8, 4) is 5.75 Å². The molecule has 1 saturated heterocycles. The Balaban J connectivity index is 1.53. The first-order chi connectivity index (χ1) is 13.9. The lowest BCUT2D eigenvalue weighted by atomic mass is 10.1. The molecule has 0 atom stereocenters. The van der Waals surface area contributed by atoms with Crippen molar-refractivity contribution >= 4 is 40.7 Å². The van der Waals surface area contributed by atoms with Gasteiger partial charge in [0.1, 0.15) is 5.75 Å². The van der Waals surface area contributed by atoms with Crippen LogP contribution < -0.4 is 4.74 Å². The second-order valence-electron chi connectivity index (χ2n) is 6.32. The number of halogens is 2. The molecule has 2 amide bonds. The zero-order valence-corrected chi connectivity index (χ0v) is 16.7. The van der Waals surface area contributed by atoms with Crippen molar-refractivity contribution in [3.05, 3.63) is 68.2 Å². The van der Waals surface area contributed by atoms with E-state index in [1.165, 1.54) is 18.2 Å². The minimum atomic E-state index is -0.531. The highest BCUT2D eigenvalue weighted by Crippen LogP contribution is 2.27. The van der Waals surface area contributed by atoms with Crippen molar-refractivity contribution in [1.29, 1.82) is 0 Å². The normalized spacial score (nSPS) is 13.9. The number of non-ortho nitro benzene ring substituents is 1. The first-order valence-electron chi connectivity index (χ1n) is 8.75. The van der Waals surface area contributed by atoms with Crippen molar-refractivity contribution in [2.45, 2.75) is 0 Å². The van der Waals surface area contributed by atoms with Crippen LogP contribution in [0.2, 0.25) is 10.0 Å². The third-order valence-corrected chi connectivity index (χ3v) is 5.31. The van der Waals surface area contributed by atoms with Crippen LogP contribution in [0.15, 0.2) is 42.5 Å². The number of nitro groups is 1. The Bertz CT molecular complexity index is 945. The average molecular weight is 438 g/mol. The summed E-state index contributed by atoms with van der Waals surface area (Å²) in [6.07, 6.45) is 0. The Labute approximate surface area is 176 Å². The van der Waals surface area contributed by atoms with Crippen LogP contribution in [0.3, 0.4) is 0 Å². The van der Waals surface area contributed by atoms with Crippen molar-refractivity contribution in [2.75, 3.05) is 32.8 Å². The van der Waals surface area contributed by atoms with Crippen molar-refractivity contribution in [1.82, 2.24) is 9.80 Å². The number of benzene rings is 2. The zero-order valence-electron chi connectivity index (χ0n) is 15.2. The van der Waals surface area contributed by atoms with E-state index >= 15 is 0 Å². The van der Waals surface area contributed by atoms with E-state index in [2.05, 4.69) is 0 Å². The van der Waals surface area contributed by atoms with Crippen LogP contribution in [0.25, 0.3) is 0 Å². The molecular formula is C19H17Cl2N3O5. The molecule has 8 nitrogen and oxygen atoms in total. The van der Waals surface area contributed by atoms with E-state index in [-0.39, 0.29) is 34.9 Å². The summed E-state index contributed by atoms with van der Waals surface area (Å²) in [6.45, 7) is 1.16. The number of piperazine rings is 1. The Morgan fingerprint density at radius 3 is 2.38 bits per heavy atom. The second kappa shape index (κ2) is 9.11. The summed E-state index contributed by atoms with van der Waals surface area (Å²) in [5.74, 6) is -0.251. The quantitative estimate of drug-likeness (QED) is 0.528. The third-order valence-electron chi connectivity index (χ3n) is 4.49. The number of nitro benzene ring substituents is 1. The number of rotatable bonds is 5. The van der Waals surface area contributed by atoms with Crippen molar-refractivity contribution in [3.63, 3.8) is 0 Å². The van der Waals surface area contributed by atoms with Crippen molar-refractivity contribution in [2.24, 2.45) is 0 Å². The van der Waals surface area contributed by atoms with Gasteiger partial charge in [0.25, 0.3) is 17.5 Å². The summed E-state index contributed by atoms with van der Waals surface area (Å²) < 4.78 is 5.38. The van der Waals surface area contributed by atoms with E-state index in [4.69, 9.17) is 27.9 Å². The van der Waals surface area contributed by atoms with Crippen molar-refractivity contribution < 1.29 is 19.2 Å². The molecule has 0 aromatic heterocycles. The monoisotopic (exact) mass is 437 g/mol. The highest BCUT2D eigenvalue weighted by atomic mass is 35.5. The van der Waals surface area contributed by atoms with Gasteiger partial charge in [-0.2, -0.15) is 0 Å². The van der Waals surface area contributed by atoms with Crippen LogP contribution in [0.1, 0.15) is 10.4 Å². The molecule has 29 heavy (non-hydrogen) atoms. The van der Waals surface area contributed by atoms with Gasteiger partial charge in [0.05, 0.1) is 26.6 Å². The molecule has 0 aliphatic carbocycles. The van der Waals surface area contributed by atoms with Gasteiger partial charge in [-0.15, -0.1) is 0 Å². The molecule has 1 aliphatic heterocycles. The van der Waals surface area contributed by atoms with E-state index in [9.17, 15) is 19.7 Å². The maximum Gasteiger partial charge on any atom is 0.273 e. The summed E-state index contributed by atoms with van der Waals surface area (Å²) >= 11 is 12.1. The number of carbonyl (C=O) groups is 2. The summed E-state index contributed by atoms with van der Waals surface area (Å²) in [7, 11) is 0. The van der Waals surface area contributed by atoms with Gasteiger partial charge in [-0.1, -0.05) is 35.3 Å². The number of amides is 2. The molecule has 0 bridgehead atoms. The lowest BCUT2D eigenvalue weighted by Crippen LogP contribution is -2.51. The molecule has 1 heterocycles. The number of carbonyl (C=O) groups excluding carboxylic acids is 2. The fourth-order valence-corrected chi connectivity index (χ4v) is 3.30. The first kappa shape index (κ1) is 20.9. The SMILES string of the molecule is O=C(COc1cccc([N+](=O)[O-])c1)N1CCN(C(=O)c2cccc(Cl)c2Cl)CC1. The van der Waals surface area contributed by atoms with Crippen LogP contribution in [-0.4, -0.2) is 59.3 Å². The molecule has 3 rings (SSSR count). The first-order valence-corrected chi connectivity index (χ1v) is 9.50. The second-order valence-corrected chi connectivity index (χ2v) is 7.10. The lowest BCUT2D eigenvalue weighted by Gasteiger charge is -2.34. The summed E-state index contributed by atoms with van der Waals surface area (Å²) in [5.41, 5.74) is 0.217. The van der Waals surface area contributed by atoms with Crippen LogP contribution in [0, 0.1) is 10.1 Å². The van der Waals surface area contributed by atoms with E-state index in [1.54, 1.807) is 34.1 Å².